The third kappa shape index (κ3) is 3.10. The van der Waals surface area contributed by atoms with Gasteiger partial charge in [-0.2, -0.15) is 9.78 Å². The Bertz CT molecular complexity index is 940. The molecule has 26 heavy (non-hydrogen) atoms. The zero-order valence-electron chi connectivity index (χ0n) is 14.3. The predicted molar refractivity (Wildman–Crippen MR) is 105 cm³/mol. The molecule has 0 radical (unpaired) electrons. The number of benzene rings is 1. The highest BCUT2D eigenvalue weighted by Gasteiger charge is 2.31. The molecule has 0 unspecified atom stereocenters. The Hall–Kier alpha value is -2.32. The summed E-state index contributed by atoms with van der Waals surface area (Å²) >= 11 is 3.32. The Morgan fingerprint density at radius 3 is 2.65 bits per heavy atom. The van der Waals surface area contributed by atoms with Gasteiger partial charge in [-0.25, -0.2) is 9.97 Å². The van der Waals surface area contributed by atoms with Gasteiger partial charge < -0.3 is 5.32 Å². The quantitative estimate of drug-likeness (QED) is 0.698. The van der Waals surface area contributed by atoms with Gasteiger partial charge in [0.05, 0.1) is 16.7 Å². The van der Waals surface area contributed by atoms with Crippen LogP contribution in [-0.4, -0.2) is 37.7 Å². The number of hydrogen-bond acceptors (Lipinski definition) is 6. The van der Waals surface area contributed by atoms with Crippen molar-refractivity contribution in [2.45, 2.75) is 17.1 Å². The minimum absolute atomic E-state index is 0.0253. The number of carbonyl (C=O) groups excluding carboxylic acids is 1. The van der Waals surface area contributed by atoms with Crippen molar-refractivity contribution in [2.75, 3.05) is 17.3 Å². The molecule has 0 spiro atoms. The molecule has 1 aliphatic rings. The van der Waals surface area contributed by atoms with Crippen molar-refractivity contribution in [1.82, 2.24) is 19.7 Å². The molecule has 0 fully saturated rings. The molecule has 1 aliphatic heterocycles. The van der Waals surface area contributed by atoms with E-state index in [0.717, 1.165) is 16.8 Å². The van der Waals surface area contributed by atoms with Crippen LogP contribution in [0.15, 0.2) is 47.6 Å². The molecule has 3 aromatic rings. The van der Waals surface area contributed by atoms with Gasteiger partial charge in [0, 0.05) is 22.9 Å². The molecular formula is C18H17N5OS2. The first-order valence-corrected chi connectivity index (χ1v) is 10.4. The fraction of sp³-hybridized carbons (Fsp3) is 0.222. The first-order valence-electron chi connectivity index (χ1n) is 8.09. The topological polar surface area (TPSA) is 72.7 Å². The van der Waals surface area contributed by atoms with E-state index in [-0.39, 0.29) is 11.2 Å². The Morgan fingerprint density at radius 2 is 1.96 bits per heavy atom. The standard InChI is InChI=1S/C18H17N5OS2/c1-11-15-16(12-4-6-13(25-2)7-5-12)26-10-14(24)21-17(15)23(22-11)18-19-8-3-9-20-18/h3-9,16H,10H2,1-2H3,(H,21,24)/t16-/m1/s1. The second kappa shape index (κ2) is 7.13. The maximum Gasteiger partial charge on any atom is 0.252 e. The third-order valence-corrected chi connectivity index (χ3v) is 6.18. The predicted octanol–water partition coefficient (Wildman–Crippen LogP) is 3.47. The fourth-order valence-electron chi connectivity index (χ4n) is 2.97. The molecule has 3 heterocycles. The van der Waals surface area contributed by atoms with Crippen LogP contribution in [0.1, 0.15) is 22.1 Å². The fourth-order valence-corrected chi connectivity index (χ4v) is 4.57. The van der Waals surface area contributed by atoms with Gasteiger partial charge in [-0.05, 0) is 36.9 Å². The summed E-state index contributed by atoms with van der Waals surface area (Å²) in [6.07, 6.45) is 5.39. The number of aromatic nitrogens is 4. The smallest absolute Gasteiger partial charge is 0.252 e. The van der Waals surface area contributed by atoms with Gasteiger partial charge in [-0.15, -0.1) is 23.5 Å². The number of aryl methyl sites for hydroxylation is 1. The van der Waals surface area contributed by atoms with Gasteiger partial charge in [-0.1, -0.05) is 12.1 Å². The Kier molecular flexibility index (Phi) is 4.69. The average molecular weight is 384 g/mol. The van der Waals surface area contributed by atoms with Crippen LogP contribution in [0.2, 0.25) is 0 Å². The Morgan fingerprint density at radius 1 is 1.23 bits per heavy atom. The van der Waals surface area contributed by atoms with Gasteiger partial charge in [0.25, 0.3) is 5.95 Å². The maximum atomic E-state index is 12.3. The Balaban J connectivity index is 1.85. The van der Waals surface area contributed by atoms with Crippen molar-refractivity contribution in [1.29, 1.82) is 0 Å². The number of hydrogen-bond donors (Lipinski definition) is 1. The van der Waals surface area contributed by atoms with E-state index in [0.29, 0.717) is 17.5 Å². The number of nitrogens with one attached hydrogen (secondary N) is 1. The SMILES string of the molecule is CSc1ccc([C@H]2SCC(=O)Nc3c2c(C)nn3-c2ncccn2)cc1. The zero-order valence-corrected chi connectivity index (χ0v) is 16.0. The summed E-state index contributed by atoms with van der Waals surface area (Å²) < 4.78 is 1.62. The van der Waals surface area contributed by atoms with E-state index in [9.17, 15) is 4.79 Å². The van der Waals surface area contributed by atoms with Gasteiger partial charge in [0.2, 0.25) is 5.91 Å². The van der Waals surface area contributed by atoms with Gasteiger partial charge in [0.15, 0.2) is 0 Å². The van der Waals surface area contributed by atoms with E-state index >= 15 is 0 Å². The van der Waals surface area contributed by atoms with Crippen molar-refractivity contribution in [2.24, 2.45) is 0 Å². The molecule has 0 bridgehead atoms. The van der Waals surface area contributed by atoms with Crippen molar-refractivity contribution in [3.8, 4) is 5.95 Å². The molecule has 0 aliphatic carbocycles. The molecule has 4 rings (SSSR count). The van der Waals surface area contributed by atoms with Gasteiger partial charge in [0.1, 0.15) is 5.82 Å². The molecule has 132 valence electrons. The van der Waals surface area contributed by atoms with Crippen LogP contribution < -0.4 is 5.32 Å². The highest BCUT2D eigenvalue weighted by molar-refractivity contribution is 8.00. The van der Waals surface area contributed by atoms with E-state index in [2.05, 4.69) is 50.9 Å². The van der Waals surface area contributed by atoms with Crippen molar-refractivity contribution in [3.63, 3.8) is 0 Å². The number of nitrogens with zero attached hydrogens (tertiary/aromatic N) is 4. The summed E-state index contributed by atoms with van der Waals surface area (Å²) in [5.41, 5.74) is 3.02. The maximum absolute atomic E-state index is 12.3. The summed E-state index contributed by atoms with van der Waals surface area (Å²) in [5, 5.41) is 7.62. The highest BCUT2D eigenvalue weighted by Crippen LogP contribution is 2.43. The van der Waals surface area contributed by atoms with Gasteiger partial charge in [-0.3, -0.25) is 4.79 Å². The van der Waals surface area contributed by atoms with Crippen LogP contribution >= 0.6 is 23.5 Å². The Labute approximate surface area is 159 Å². The second-order valence-corrected chi connectivity index (χ2v) is 7.79. The summed E-state index contributed by atoms with van der Waals surface area (Å²) in [7, 11) is 0. The molecule has 1 amide bonds. The van der Waals surface area contributed by atoms with Crippen molar-refractivity contribution < 1.29 is 4.79 Å². The second-order valence-electron chi connectivity index (χ2n) is 5.82. The molecule has 0 saturated heterocycles. The first kappa shape index (κ1) is 17.1. The average Bonchev–Trinajstić information content (AvgIpc) is 2.88. The number of anilines is 1. The lowest BCUT2D eigenvalue weighted by Crippen LogP contribution is -2.16. The molecule has 8 heteroatoms. The third-order valence-electron chi connectivity index (χ3n) is 4.17. The monoisotopic (exact) mass is 383 g/mol. The van der Waals surface area contributed by atoms with Crippen LogP contribution in [-0.2, 0) is 4.79 Å². The van der Waals surface area contributed by atoms with Crippen LogP contribution in [0.3, 0.4) is 0 Å². The molecule has 0 saturated carbocycles. The van der Waals surface area contributed by atoms with E-state index in [1.54, 1.807) is 46.7 Å². The van der Waals surface area contributed by atoms with Crippen LogP contribution in [0.5, 0.6) is 0 Å². The van der Waals surface area contributed by atoms with E-state index in [4.69, 9.17) is 0 Å². The lowest BCUT2D eigenvalue weighted by atomic mass is 10.0. The molecular weight excluding hydrogens is 366 g/mol. The molecule has 6 nitrogen and oxygen atoms in total. The van der Waals surface area contributed by atoms with Crippen LogP contribution in [0.25, 0.3) is 5.95 Å². The van der Waals surface area contributed by atoms with Crippen LogP contribution in [0, 0.1) is 6.92 Å². The number of fused-ring (bicyclic) bond motifs is 1. The minimum Gasteiger partial charge on any atom is -0.309 e. The lowest BCUT2D eigenvalue weighted by Gasteiger charge is -2.15. The summed E-state index contributed by atoms with van der Waals surface area (Å²) in [4.78, 5) is 22.1. The first-order chi connectivity index (χ1) is 12.7. The molecule has 2 aromatic heterocycles. The number of rotatable bonds is 3. The molecule has 1 atom stereocenters. The van der Waals surface area contributed by atoms with Crippen molar-refractivity contribution in [3.05, 3.63) is 59.5 Å². The summed E-state index contributed by atoms with van der Waals surface area (Å²) in [6.45, 7) is 1.96. The molecule has 1 aromatic carbocycles. The van der Waals surface area contributed by atoms with E-state index in [1.165, 1.54) is 4.90 Å². The zero-order chi connectivity index (χ0) is 18.1. The van der Waals surface area contributed by atoms with Crippen molar-refractivity contribution >= 4 is 35.2 Å². The number of carbonyl (C=O) groups is 1. The normalized spacial score (nSPS) is 16.7. The van der Waals surface area contributed by atoms with Crippen LogP contribution in [0.4, 0.5) is 5.82 Å². The van der Waals surface area contributed by atoms with E-state index < -0.39 is 0 Å². The summed E-state index contributed by atoms with van der Waals surface area (Å²) in [6, 6.07) is 10.2. The largest absolute Gasteiger partial charge is 0.309 e. The number of thioether (sulfide) groups is 2. The summed E-state index contributed by atoms with van der Waals surface area (Å²) in [5.74, 6) is 1.44. The lowest BCUT2D eigenvalue weighted by molar-refractivity contribution is -0.113. The highest BCUT2D eigenvalue weighted by atomic mass is 32.2. The minimum atomic E-state index is -0.0448. The molecule has 1 N–H and O–H groups in total. The number of amides is 1. The van der Waals surface area contributed by atoms with E-state index in [1.807, 2.05) is 6.92 Å². The van der Waals surface area contributed by atoms with Gasteiger partial charge >= 0.3 is 0 Å².